The quantitative estimate of drug-likeness (QED) is 0.158. The number of unbranched alkanes of at least 4 members (excludes halogenated alkanes) is 15. The number of quaternary nitrogens is 1. The van der Waals surface area contributed by atoms with Crippen molar-refractivity contribution in [3.8, 4) is 0 Å². The second kappa shape index (κ2) is 15.9. The summed E-state index contributed by atoms with van der Waals surface area (Å²) in [6.45, 7) is 3.03. The van der Waals surface area contributed by atoms with E-state index in [1.807, 2.05) is 14.1 Å². The maximum Gasteiger partial charge on any atom is 0.168 e. The minimum absolute atomic E-state index is 0.282. The summed E-state index contributed by atoms with van der Waals surface area (Å²) in [6, 6.07) is 0. The lowest BCUT2D eigenvalue weighted by Crippen LogP contribution is -2.44. The van der Waals surface area contributed by atoms with Crippen LogP contribution in [0, 0.1) is 0 Å². The first kappa shape index (κ1) is 25.9. The molecule has 0 N–H and O–H groups in total. The smallest absolute Gasteiger partial charge is 0.168 e. The van der Waals surface area contributed by atoms with Crippen molar-refractivity contribution in [2.45, 2.75) is 110 Å². The largest absolute Gasteiger partial charge is 0.744 e. The lowest BCUT2D eigenvalue weighted by Gasteiger charge is -2.30. The molecule has 5 heteroatoms. The van der Waals surface area contributed by atoms with Gasteiger partial charge in [-0.3, -0.25) is 0 Å². The molecule has 0 amide bonds. The Bertz CT molecular complexity index is 407. The molecular formula is C21H45NO3S. The fourth-order valence-corrected chi connectivity index (χ4v) is 4.57. The molecule has 158 valence electrons. The second-order valence-electron chi connectivity index (χ2n) is 8.65. The summed E-state index contributed by atoms with van der Waals surface area (Å²) in [6.07, 6.45) is 21.3. The Labute approximate surface area is 164 Å². The van der Waals surface area contributed by atoms with Crippen LogP contribution in [-0.4, -0.2) is 44.0 Å². The van der Waals surface area contributed by atoms with Gasteiger partial charge in [-0.1, -0.05) is 96.8 Å². The number of nitrogens with zero attached hydrogens (tertiary/aromatic N) is 1. The predicted molar refractivity (Wildman–Crippen MR) is 111 cm³/mol. The molecule has 0 fully saturated rings. The Hall–Kier alpha value is -0.130. The first-order valence-corrected chi connectivity index (χ1v) is 12.6. The van der Waals surface area contributed by atoms with E-state index in [4.69, 9.17) is 0 Å². The molecular weight excluding hydrogens is 346 g/mol. The van der Waals surface area contributed by atoms with Gasteiger partial charge in [-0.05, 0) is 12.8 Å². The van der Waals surface area contributed by atoms with Crippen molar-refractivity contribution >= 4 is 10.1 Å². The Balaban J connectivity index is 3.27. The first-order valence-electron chi connectivity index (χ1n) is 11.0. The Morgan fingerprint density at radius 2 is 0.923 bits per heavy atom. The summed E-state index contributed by atoms with van der Waals surface area (Å²) in [5.74, 6) is -0.300. The lowest BCUT2D eigenvalue weighted by molar-refractivity contribution is -0.879. The molecule has 0 heterocycles. The van der Waals surface area contributed by atoms with Gasteiger partial charge in [-0.25, -0.2) is 8.42 Å². The first-order chi connectivity index (χ1) is 12.3. The Morgan fingerprint density at radius 3 is 1.23 bits per heavy atom. The third kappa shape index (κ3) is 20.2. The molecule has 0 rings (SSSR count). The van der Waals surface area contributed by atoms with Crippen molar-refractivity contribution < 1.29 is 17.5 Å². The van der Waals surface area contributed by atoms with E-state index in [-0.39, 0.29) is 10.4 Å². The van der Waals surface area contributed by atoms with E-state index in [1.165, 1.54) is 89.9 Å². The molecule has 0 unspecified atom stereocenters. The average molecular weight is 392 g/mol. The average Bonchev–Trinajstić information content (AvgIpc) is 2.52. The summed E-state index contributed by atoms with van der Waals surface area (Å²) >= 11 is 0. The van der Waals surface area contributed by atoms with E-state index in [0.717, 1.165) is 19.4 Å². The number of rotatable bonds is 19. The van der Waals surface area contributed by atoms with Crippen LogP contribution in [0.2, 0.25) is 0 Å². The molecule has 0 saturated carbocycles. The van der Waals surface area contributed by atoms with Crippen molar-refractivity contribution in [2.75, 3.05) is 26.5 Å². The maximum absolute atomic E-state index is 10.8. The van der Waals surface area contributed by atoms with Crippen molar-refractivity contribution in [1.82, 2.24) is 0 Å². The molecule has 0 aromatic heterocycles. The highest BCUT2D eigenvalue weighted by atomic mass is 32.2. The fraction of sp³-hybridized carbons (Fsp3) is 1.00. The van der Waals surface area contributed by atoms with E-state index in [0.29, 0.717) is 0 Å². The summed E-state index contributed by atoms with van der Waals surface area (Å²) in [5, 5.41) is 0. The SMILES string of the molecule is CCCCCCCCCCCCCCCCCC[N+](C)(C)CS(=O)(=O)[O-]. The Kier molecular flexibility index (Phi) is 15.8. The molecule has 0 aliphatic carbocycles. The van der Waals surface area contributed by atoms with Gasteiger partial charge < -0.3 is 9.04 Å². The van der Waals surface area contributed by atoms with E-state index in [2.05, 4.69) is 6.92 Å². The zero-order chi connectivity index (χ0) is 19.7. The second-order valence-corrected chi connectivity index (χ2v) is 10.0. The van der Waals surface area contributed by atoms with Crippen LogP contribution in [0.25, 0.3) is 0 Å². The highest BCUT2D eigenvalue weighted by molar-refractivity contribution is 7.85. The summed E-state index contributed by atoms with van der Waals surface area (Å²) in [7, 11) is -0.491. The standard InChI is InChI=1S/C21H45NO3S/c1-4-5-6-7-8-9-10-11-12-13-14-15-16-17-18-19-20-22(2,3)21-26(23,24)25/h4-21H2,1-3H3. The fourth-order valence-electron chi connectivity index (χ4n) is 3.58. The summed E-state index contributed by atoms with van der Waals surface area (Å²) in [5.41, 5.74) is 0. The van der Waals surface area contributed by atoms with Crippen LogP contribution in [0.5, 0.6) is 0 Å². The lowest BCUT2D eigenvalue weighted by atomic mass is 10.0. The van der Waals surface area contributed by atoms with Gasteiger partial charge in [-0.2, -0.15) is 0 Å². The molecule has 0 aliphatic rings. The van der Waals surface area contributed by atoms with E-state index in [9.17, 15) is 13.0 Å². The highest BCUT2D eigenvalue weighted by Crippen LogP contribution is 2.14. The summed E-state index contributed by atoms with van der Waals surface area (Å²) in [4.78, 5) is 0. The molecule has 0 aromatic rings. The molecule has 0 aromatic carbocycles. The maximum atomic E-state index is 10.8. The van der Waals surface area contributed by atoms with Crippen LogP contribution in [0.15, 0.2) is 0 Å². The minimum atomic E-state index is -4.13. The zero-order valence-corrected chi connectivity index (χ0v) is 18.6. The van der Waals surface area contributed by atoms with Gasteiger partial charge in [0.2, 0.25) is 0 Å². The molecule has 0 radical (unpaired) electrons. The van der Waals surface area contributed by atoms with Crippen LogP contribution < -0.4 is 0 Å². The van der Waals surface area contributed by atoms with Crippen LogP contribution in [0.1, 0.15) is 110 Å². The molecule has 0 atom stereocenters. The van der Waals surface area contributed by atoms with Crippen molar-refractivity contribution in [1.29, 1.82) is 0 Å². The molecule has 4 nitrogen and oxygen atoms in total. The van der Waals surface area contributed by atoms with E-state index >= 15 is 0 Å². The third-order valence-corrected chi connectivity index (χ3v) is 6.14. The molecule has 0 saturated heterocycles. The van der Waals surface area contributed by atoms with Gasteiger partial charge in [0.05, 0.1) is 20.6 Å². The van der Waals surface area contributed by atoms with Crippen molar-refractivity contribution in [3.63, 3.8) is 0 Å². The zero-order valence-electron chi connectivity index (χ0n) is 17.8. The monoisotopic (exact) mass is 391 g/mol. The van der Waals surface area contributed by atoms with Crippen LogP contribution in [0.3, 0.4) is 0 Å². The molecule has 0 bridgehead atoms. The third-order valence-electron chi connectivity index (χ3n) is 5.12. The molecule has 0 aliphatic heterocycles. The highest BCUT2D eigenvalue weighted by Gasteiger charge is 2.17. The van der Waals surface area contributed by atoms with Crippen LogP contribution in [0.4, 0.5) is 0 Å². The van der Waals surface area contributed by atoms with Gasteiger partial charge in [0.25, 0.3) is 0 Å². The topological polar surface area (TPSA) is 57.2 Å². The molecule has 0 spiro atoms. The predicted octanol–water partition coefficient (Wildman–Crippen LogP) is 5.83. The van der Waals surface area contributed by atoms with Gasteiger partial charge in [-0.15, -0.1) is 0 Å². The van der Waals surface area contributed by atoms with Crippen molar-refractivity contribution in [3.05, 3.63) is 0 Å². The van der Waals surface area contributed by atoms with Gasteiger partial charge in [0.15, 0.2) is 5.88 Å². The molecule has 26 heavy (non-hydrogen) atoms. The Morgan fingerprint density at radius 1 is 0.615 bits per heavy atom. The van der Waals surface area contributed by atoms with E-state index in [1.54, 1.807) is 0 Å². The van der Waals surface area contributed by atoms with E-state index < -0.39 is 10.1 Å². The van der Waals surface area contributed by atoms with Crippen LogP contribution in [-0.2, 0) is 10.1 Å². The van der Waals surface area contributed by atoms with Gasteiger partial charge >= 0.3 is 0 Å². The van der Waals surface area contributed by atoms with Crippen LogP contribution >= 0.6 is 0 Å². The van der Waals surface area contributed by atoms with Gasteiger partial charge in [0, 0.05) is 0 Å². The number of hydrogen-bond donors (Lipinski definition) is 0. The summed E-state index contributed by atoms with van der Waals surface area (Å²) < 4.78 is 32.8. The normalized spacial score (nSPS) is 12.6. The van der Waals surface area contributed by atoms with Gasteiger partial charge in [0.1, 0.15) is 10.1 Å². The minimum Gasteiger partial charge on any atom is -0.744 e. The van der Waals surface area contributed by atoms with Crippen molar-refractivity contribution in [2.24, 2.45) is 0 Å². The number of hydrogen-bond acceptors (Lipinski definition) is 3.